The summed E-state index contributed by atoms with van der Waals surface area (Å²) in [6.45, 7) is 0. The molecule has 0 radical (unpaired) electrons. The molecule has 0 rings (SSSR count). The maximum Gasteiger partial charge on any atom is 0.129 e. The summed E-state index contributed by atoms with van der Waals surface area (Å²) >= 11 is 0. The molecule has 0 fully saturated rings. The number of unbranched alkanes of at least 4 members (excludes halogenated alkanes) is 11. The fraction of sp³-hybridized carbons (Fsp3) is 1.00. The van der Waals surface area contributed by atoms with Crippen LogP contribution in [0.2, 0.25) is 6.04 Å². The third-order valence-electron chi connectivity index (χ3n) is 5.76. The van der Waals surface area contributed by atoms with Gasteiger partial charge >= 0.3 is 0 Å². The van der Waals surface area contributed by atoms with Crippen molar-refractivity contribution in [2.75, 3.05) is 42.3 Å². The van der Waals surface area contributed by atoms with Crippen LogP contribution in [0.3, 0.4) is 0 Å². The predicted molar refractivity (Wildman–Crippen MR) is 119 cm³/mol. The number of nitrogens with zero attached hydrogens (tertiary/aromatic N) is 3. The second kappa shape index (κ2) is 15.2. The second-order valence-corrected chi connectivity index (χ2v) is 9.45. The van der Waals surface area contributed by atoms with Gasteiger partial charge in [0.15, 0.2) is 0 Å². The molecule has 0 atom stereocenters. The van der Waals surface area contributed by atoms with Crippen LogP contribution in [0.25, 0.3) is 0 Å². The van der Waals surface area contributed by atoms with Gasteiger partial charge in [0.05, 0.1) is 0 Å². The van der Waals surface area contributed by atoms with Crippen LogP contribution in [-0.4, -0.2) is 73.0 Å². The molecule has 0 amide bonds. The minimum atomic E-state index is 0.0416. The van der Waals surface area contributed by atoms with Gasteiger partial charge in [0.2, 0.25) is 0 Å². The van der Waals surface area contributed by atoms with Gasteiger partial charge in [-0.15, -0.1) is 0 Å². The molecule has 0 aliphatic heterocycles. The molecule has 0 heterocycles. The summed E-state index contributed by atoms with van der Waals surface area (Å²) < 4.78 is 0. The lowest BCUT2D eigenvalue weighted by molar-refractivity contribution is -0.115. The van der Waals surface area contributed by atoms with E-state index in [4.69, 9.17) is 0 Å². The minimum absolute atomic E-state index is 0.0416. The van der Waals surface area contributed by atoms with Crippen LogP contribution in [0.5, 0.6) is 0 Å². The fourth-order valence-corrected chi connectivity index (χ4v) is 4.75. The van der Waals surface area contributed by atoms with Gasteiger partial charge in [0, 0.05) is 10.2 Å². The van der Waals surface area contributed by atoms with Gasteiger partial charge in [-0.1, -0.05) is 76.7 Å². The average molecular weight is 372 g/mol. The normalized spacial score (nSPS) is 12.8. The van der Waals surface area contributed by atoms with Crippen molar-refractivity contribution in [3.63, 3.8) is 0 Å². The summed E-state index contributed by atoms with van der Waals surface area (Å²) in [6.07, 6.45) is 18.5. The molecule has 152 valence electrons. The zero-order chi connectivity index (χ0) is 19.1. The van der Waals surface area contributed by atoms with Crippen LogP contribution in [0.4, 0.5) is 0 Å². The molecule has 0 unspecified atom stereocenters. The largest absolute Gasteiger partial charge is 0.279 e. The first kappa shape index (κ1) is 25.1. The zero-order valence-corrected chi connectivity index (χ0v) is 20.7. The lowest BCUT2D eigenvalue weighted by Crippen LogP contribution is -2.63. The average Bonchev–Trinajstić information content (AvgIpc) is 2.54. The summed E-state index contributed by atoms with van der Waals surface area (Å²) in [6, 6.07) is 1.50. The topological polar surface area (TPSA) is 9.72 Å². The van der Waals surface area contributed by atoms with Crippen molar-refractivity contribution in [1.29, 1.82) is 0 Å². The van der Waals surface area contributed by atoms with Crippen LogP contribution >= 0.6 is 0 Å². The molecule has 0 aromatic rings. The van der Waals surface area contributed by atoms with E-state index < -0.39 is 0 Å². The standard InChI is InChI=1S/C21H49N3Si/c1-22(2)21(23(3)4,24(5)6)19-17-15-13-11-9-7-8-10-12-14-16-18-20-25/h7-20H2,1-6,25H3. The molecule has 0 bridgehead atoms. The summed E-state index contributed by atoms with van der Waals surface area (Å²) in [5.41, 5.74) is 0. The van der Waals surface area contributed by atoms with Gasteiger partial charge in [-0.25, -0.2) is 0 Å². The molecule has 0 saturated heterocycles. The van der Waals surface area contributed by atoms with Crippen LogP contribution in [0, 0.1) is 0 Å². The molecular weight excluding hydrogens is 322 g/mol. The van der Waals surface area contributed by atoms with Crippen LogP contribution < -0.4 is 0 Å². The van der Waals surface area contributed by atoms with Crippen LogP contribution in [-0.2, 0) is 0 Å². The molecule has 0 saturated carbocycles. The highest BCUT2D eigenvalue weighted by Crippen LogP contribution is 2.25. The molecular formula is C21H49N3Si. The number of hydrogen-bond donors (Lipinski definition) is 0. The summed E-state index contributed by atoms with van der Waals surface area (Å²) in [5, 5.41) is 0. The highest BCUT2D eigenvalue weighted by molar-refractivity contribution is 6.08. The fourth-order valence-electron chi connectivity index (χ4n) is 4.25. The molecule has 4 heteroatoms. The van der Waals surface area contributed by atoms with Gasteiger partial charge in [-0.3, -0.25) is 14.7 Å². The first-order valence-electron chi connectivity index (χ1n) is 10.9. The summed E-state index contributed by atoms with van der Waals surface area (Å²) in [4.78, 5) is 7.07. The number of rotatable bonds is 17. The third kappa shape index (κ3) is 10.1. The molecule has 0 aliphatic carbocycles. The quantitative estimate of drug-likeness (QED) is 0.216. The summed E-state index contributed by atoms with van der Waals surface area (Å²) in [7, 11) is 14.6. The van der Waals surface area contributed by atoms with E-state index in [0.717, 1.165) is 0 Å². The Kier molecular flexibility index (Phi) is 15.2. The van der Waals surface area contributed by atoms with Crippen molar-refractivity contribution < 1.29 is 0 Å². The van der Waals surface area contributed by atoms with E-state index in [1.54, 1.807) is 0 Å². The molecule has 0 aromatic carbocycles. The first-order chi connectivity index (χ1) is 11.9. The zero-order valence-electron chi connectivity index (χ0n) is 18.7. The second-order valence-electron chi connectivity index (χ2n) is 8.45. The Hall–Kier alpha value is 0.0969. The van der Waals surface area contributed by atoms with Crippen molar-refractivity contribution >= 4 is 10.2 Å². The molecule has 0 N–H and O–H groups in total. The summed E-state index contributed by atoms with van der Waals surface area (Å²) in [5.74, 6) is 0.0416. The van der Waals surface area contributed by atoms with Crippen molar-refractivity contribution in [3.05, 3.63) is 0 Å². The van der Waals surface area contributed by atoms with Gasteiger partial charge in [-0.05, 0) is 55.1 Å². The molecule has 0 aliphatic rings. The Balaban J connectivity index is 3.68. The highest BCUT2D eigenvalue weighted by Gasteiger charge is 2.36. The van der Waals surface area contributed by atoms with Gasteiger partial charge in [0.1, 0.15) is 5.79 Å². The lowest BCUT2D eigenvalue weighted by atomic mass is 10.0. The predicted octanol–water partition coefficient (Wildman–Crippen LogP) is 4.18. The monoisotopic (exact) mass is 371 g/mol. The Labute approximate surface area is 162 Å². The molecule has 0 spiro atoms. The molecule has 25 heavy (non-hydrogen) atoms. The van der Waals surface area contributed by atoms with E-state index >= 15 is 0 Å². The Morgan fingerprint density at radius 3 is 1.04 bits per heavy atom. The molecule has 3 nitrogen and oxygen atoms in total. The Bertz CT molecular complexity index is 271. The highest BCUT2D eigenvalue weighted by atomic mass is 28.1. The van der Waals surface area contributed by atoms with Gasteiger partial charge < -0.3 is 0 Å². The van der Waals surface area contributed by atoms with E-state index in [0.29, 0.717) is 0 Å². The minimum Gasteiger partial charge on any atom is -0.279 e. The molecule has 0 aromatic heterocycles. The van der Waals surface area contributed by atoms with Crippen LogP contribution in [0.1, 0.15) is 83.5 Å². The van der Waals surface area contributed by atoms with E-state index in [9.17, 15) is 0 Å². The van der Waals surface area contributed by atoms with E-state index in [1.807, 2.05) is 0 Å². The van der Waals surface area contributed by atoms with Crippen molar-refractivity contribution in [2.45, 2.75) is 95.3 Å². The van der Waals surface area contributed by atoms with Crippen molar-refractivity contribution in [2.24, 2.45) is 0 Å². The Morgan fingerprint density at radius 2 is 0.760 bits per heavy atom. The SMILES string of the molecule is CN(C)C(CCCCCCCCCCCCCC[SiH3])(N(C)C)N(C)C. The van der Waals surface area contributed by atoms with Crippen LogP contribution in [0.15, 0.2) is 0 Å². The van der Waals surface area contributed by atoms with Gasteiger partial charge in [-0.2, -0.15) is 0 Å². The maximum atomic E-state index is 2.36. The maximum absolute atomic E-state index is 2.36. The van der Waals surface area contributed by atoms with Crippen molar-refractivity contribution in [3.8, 4) is 0 Å². The Morgan fingerprint density at radius 1 is 0.480 bits per heavy atom. The number of hydrogen-bond acceptors (Lipinski definition) is 3. The van der Waals surface area contributed by atoms with Crippen molar-refractivity contribution in [1.82, 2.24) is 14.7 Å². The first-order valence-corrected chi connectivity index (χ1v) is 12.3. The lowest BCUT2D eigenvalue weighted by Gasteiger charge is -2.50. The van der Waals surface area contributed by atoms with E-state index in [1.165, 1.54) is 99.8 Å². The smallest absolute Gasteiger partial charge is 0.129 e. The van der Waals surface area contributed by atoms with Gasteiger partial charge in [0.25, 0.3) is 0 Å². The van der Waals surface area contributed by atoms with E-state index in [2.05, 4.69) is 57.0 Å². The van der Waals surface area contributed by atoms with E-state index in [-0.39, 0.29) is 5.79 Å². The third-order valence-corrected chi connectivity index (χ3v) is 6.47.